The minimum atomic E-state index is -0.664. The molecule has 0 bridgehead atoms. The Balaban J connectivity index is 3.38. The van der Waals surface area contributed by atoms with Crippen LogP contribution in [-0.4, -0.2) is 47.4 Å². The van der Waals surface area contributed by atoms with Crippen molar-refractivity contribution in [1.82, 2.24) is 5.32 Å². The van der Waals surface area contributed by atoms with Gasteiger partial charge in [-0.25, -0.2) is 0 Å². The minimum Gasteiger partial charge on any atom is -0.466 e. The Morgan fingerprint density at radius 2 is 0.739 bits per heavy atom. The molecule has 0 rings (SSSR count). The number of hydrogen-bond donors (Lipinski definition) is 3. The third-order valence-electron chi connectivity index (χ3n) is 14.5. The number of unbranched alkanes of at least 4 members (excludes halogenated alkanes) is 43. The van der Waals surface area contributed by atoms with Gasteiger partial charge >= 0.3 is 5.97 Å². The quantitative estimate of drug-likeness (QED) is 0.0321. The summed E-state index contributed by atoms with van der Waals surface area (Å²) in [5, 5.41) is 23.3. The fourth-order valence-electron chi connectivity index (χ4n) is 9.72. The Kier molecular flexibility index (Phi) is 57.5. The van der Waals surface area contributed by atoms with Crippen LogP contribution in [0.4, 0.5) is 0 Å². The van der Waals surface area contributed by atoms with Crippen molar-refractivity contribution in [2.45, 2.75) is 353 Å². The van der Waals surface area contributed by atoms with Gasteiger partial charge in [0.25, 0.3) is 0 Å². The average Bonchev–Trinajstić information content (AvgIpc) is 3.35. The highest BCUT2D eigenvalue weighted by Gasteiger charge is 2.20. The van der Waals surface area contributed by atoms with Crippen LogP contribution in [-0.2, 0) is 14.3 Å². The first-order valence-electron chi connectivity index (χ1n) is 31.1. The molecular formula is C63H121NO5. The molecule has 2 unspecified atom stereocenters. The van der Waals surface area contributed by atoms with E-state index in [2.05, 4.69) is 43.5 Å². The zero-order valence-corrected chi connectivity index (χ0v) is 46.6. The third kappa shape index (κ3) is 55.5. The number of carbonyl (C=O) groups excluding carboxylic acids is 2. The van der Waals surface area contributed by atoms with Crippen LogP contribution in [0.3, 0.4) is 0 Å². The number of esters is 1. The highest BCUT2D eigenvalue weighted by Crippen LogP contribution is 2.18. The fraction of sp³-hybridized carbons (Fsp3) is 0.905. The number of aliphatic hydroxyl groups is 2. The standard InChI is InChI=1S/C63H121NO5/c1-3-5-7-9-11-13-15-17-19-28-31-35-39-43-47-51-55-61(66)60(59-65)64-62(67)56-52-48-44-40-36-32-29-26-24-22-20-21-23-25-27-30-34-38-42-46-50-54-58-69-63(68)57-53-49-45-41-37-33-18-16-14-12-10-8-6-4-2/h10,12,16,18,60-61,65-66H,3-9,11,13-15,17,19-59H2,1-2H3,(H,64,67)/b12-10-,18-16-. The van der Waals surface area contributed by atoms with E-state index >= 15 is 0 Å². The van der Waals surface area contributed by atoms with Crippen LogP contribution in [0.15, 0.2) is 24.3 Å². The van der Waals surface area contributed by atoms with E-state index in [-0.39, 0.29) is 18.5 Å². The monoisotopic (exact) mass is 972 g/mol. The van der Waals surface area contributed by atoms with Crippen LogP contribution in [0.1, 0.15) is 341 Å². The van der Waals surface area contributed by atoms with Gasteiger partial charge in [-0.15, -0.1) is 0 Å². The lowest BCUT2D eigenvalue weighted by atomic mass is 10.0. The maximum Gasteiger partial charge on any atom is 0.305 e. The lowest BCUT2D eigenvalue weighted by Crippen LogP contribution is -2.45. The SMILES string of the molecule is CCCC/C=C\C/C=C\CCCCCCCC(=O)OCCCCCCCCCCCCCCCCCCCCCCCCC(=O)NC(CO)C(O)CCCCCCCCCCCCCCCCCC. The number of ether oxygens (including phenoxy) is 1. The zero-order valence-electron chi connectivity index (χ0n) is 46.6. The van der Waals surface area contributed by atoms with Crippen LogP contribution in [0.5, 0.6) is 0 Å². The second-order valence-electron chi connectivity index (χ2n) is 21.4. The van der Waals surface area contributed by atoms with E-state index in [1.54, 1.807) is 0 Å². The Morgan fingerprint density at radius 3 is 1.14 bits per heavy atom. The third-order valence-corrected chi connectivity index (χ3v) is 14.5. The van der Waals surface area contributed by atoms with Crippen molar-refractivity contribution in [3.05, 3.63) is 24.3 Å². The molecule has 0 aromatic rings. The maximum absolute atomic E-state index is 12.5. The van der Waals surface area contributed by atoms with Crippen LogP contribution < -0.4 is 5.32 Å². The molecule has 0 aliphatic heterocycles. The van der Waals surface area contributed by atoms with Crippen molar-refractivity contribution < 1.29 is 24.5 Å². The number of allylic oxidation sites excluding steroid dienone is 4. The van der Waals surface area contributed by atoms with Crippen molar-refractivity contribution in [3.8, 4) is 0 Å². The van der Waals surface area contributed by atoms with Gasteiger partial charge in [-0.1, -0.05) is 301 Å². The molecule has 0 aromatic heterocycles. The number of aliphatic hydroxyl groups excluding tert-OH is 2. The highest BCUT2D eigenvalue weighted by atomic mass is 16.5. The Hall–Kier alpha value is -1.66. The first-order chi connectivity index (χ1) is 34.0. The molecule has 0 saturated carbocycles. The maximum atomic E-state index is 12.5. The van der Waals surface area contributed by atoms with Crippen molar-refractivity contribution in [1.29, 1.82) is 0 Å². The molecule has 408 valence electrons. The molecule has 2 atom stereocenters. The van der Waals surface area contributed by atoms with Crippen molar-refractivity contribution in [2.75, 3.05) is 13.2 Å². The smallest absolute Gasteiger partial charge is 0.305 e. The number of hydrogen-bond acceptors (Lipinski definition) is 5. The molecule has 0 aromatic carbocycles. The van der Waals surface area contributed by atoms with E-state index in [9.17, 15) is 19.8 Å². The summed E-state index contributed by atoms with van der Waals surface area (Å²) in [5.41, 5.74) is 0. The second-order valence-corrected chi connectivity index (χ2v) is 21.4. The van der Waals surface area contributed by atoms with Gasteiger partial charge in [0.2, 0.25) is 5.91 Å². The molecule has 6 nitrogen and oxygen atoms in total. The van der Waals surface area contributed by atoms with Gasteiger partial charge in [-0.2, -0.15) is 0 Å². The van der Waals surface area contributed by atoms with Gasteiger partial charge in [-0.3, -0.25) is 9.59 Å². The van der Waals surface area contributed by atoms with E-state index in [1.807, 2.05) is 0 Å². The minimum absolute atomic E-state index is 0.000954. The molecular weight excluding hydrogens is 851 g/mol. The summed E-state index contributed by atoms with van der Waals surface area (Å²) >= 11 is 0. The number of amides is 1. The normalized spacial score (nSPS) is 12.7. The summed E-state index contributed by atoms with van der Waals surface area (Å²) in [5.74, 6) is -0.0340. The summed E-state index contributed by atoms with van der Waals surface area (Å²) in [7, 11) is 0. The molecule has 3 N–H and O–H groups in total. The average molecular weight is 973 g/mol. The molecule has 1 amide bonds. The van der Waals surface area contributed by atoms with Gasteiger partial charge < -0.3 is 20.3 Å². The summed E-state index contributed by atoms with van der Waals surface area (Å²) in [6, 6.07) is -0.541. The second kappa shape index (κ2) is 58.9. The molecule has 0 heterocycles. The van der Waals surface area contributed by atoms with Gasteiger partial charge in [0, 0.05) is 12.8 Å². The van der Waals surface area contributed by atoms with E-state index in [1.165, 1.54) is 257 Å². The van der Waals surface area contributed by atoms with Gasteiger partial charge in [0.15, 0.2) is 0 Å². The largest absolute Gasteiger partial charge is 0.466 e. The number of nitrogens with one attached hydrogen (secondary N) is 1. The predicted molar refractivity (Wildman–Crippen MR) is 301 cm³/mol. The lowest BCUT2D eigenvalue weighted by Gasteiger charge is -2.22. The molecule has 0 radical (unpaired) electrons. The fourth-order valence-corrected chi connectivity index (χ4v) is 9.72. The summed E-state index contributed by atoms with van der Waals surface area (Å²) in [6.07, 6.45) is 71.8. The summed E-state index contributed by atoms with van der Waals surface area (Å²) in [4.78, 5) is 24.5. The Bertz CT molecular complexity index is 1080. The van der Waals surface area contributed by atoms with Crippen LogP contribution in [0.25, 0.3) is 0 Å². The topological polar surface area (TPSA) is 95.9 Å². The van der Waals surface area contributed by atoms with Crippen molar-refractivity contribution in [3.63, 3.8) is 0 Å². The number of rotatable bonds is 58. The van der Waals surface area contributed by atoms with Crippen molar-refractivity contribution >= 4 is 11.9 Å². The van der Waals surface area contributed by atoms with Gasteiger partial charge in [-0.05, 0) is 51.4 Å². The first kappa shape index (κ1) is 67.3. The zero-order chi connectivity index (χ0) is 50.0. The Labute approximate surface area is 431 Å². The molecule has 0 aliphatic carbocycles. The van der Waals surface area contributed by atoms with E-state index < -0.39 is 12.1 Å². The van der Waals surface area contributed by atoms with E-state index in [4.69, 9.17) is 4.74 Å². The predicted octanol–water partition coefficient (Wildman–Crippen LogP) is 19.4. The molecule has 0 spiro atoms. The molecule has 69 heavy (non-hydrogen) atoms. The number of carbonyl (C=O) groups is 2. The molecule has 0 fully saturated rings. The Morgan fingerprint density at radius 1 is 0.406 bits per heavy atom. The van der Waals surface area contributed by atoms with Crippen LogP contribution >= 0.6 is 0 Å². The van der Waals surface area contributed by atoms with Crippen LogP contribution in [0.2, 0.25) is 0 Å². The lowest BCUT2D eigenvalue weighted by molar-refractivity contribution is -0.143. The summed E-state index contributed by atoms with van der Waals surface area (Å²) < 4.78 is 5.47. The summed E-state index contributed by atoms with van der Waals surface area (Å²) in [6.45, 7) is 4.93. The van der Waals surface area contributed by atoms with Crippen LogP contribution in [0, 0.1) is 0 Å². The van der Waals surface area contributed by atoms with Gasteiger partial charge in [0.1, 0.15) is 0 Å². The van der Waals surface area contributed by atoms with E-state index in [0.29, 0.717) is 25.9 Å². The molecule has 6 heteroatoms. The van der Waals surface area contributed by atoms with E-state index in [0.717, 1.165) is 51.4 Å². The molecule has 0 aliphatic rings. The first-order valence-corrected chi connectivity index (χ1v) is 31.1. The van der Waals surface area contributed by atoms with Crippen molar-refractivity contribution in [2.24, 2.45) is 0 Å². The highest BCUT2D eigenvalue weighted by molar-refractivity contribution is 5.76. The molecule has 0 saturated heterocycles. The van der Waals surface area contributed by atoms with Gasteiger partial charge in [0.05, 0.1) is 25.4 Å².